The molecule has 2 atom stereocenters. The largest absolute Gasteiger partial charge is 0.360 e. The van der Waals surface area contributed by atoms with Gasteiger partial charge in [0.05, 0.1) is 0 Å². The van der Waals surface area contributed by atoms with E-state index in [-0.39, 0.29) is 18.0 Å². The van der Waals surface area contributed by atoms with E-state index in [1.807, 2.05) is 9.80 Å². The molecule has 3 aliphatic rings. The maximum absolute atomic E-state index is 12.6. The van der Waals surface area contributed by atoms with Crippen molar-refractivity contribution in [3.05, 3.63) is 17.0 Å². The average molecular weight is 355 g/mol. The van der Waals surface area contributed by atoms with Gasteiger partial charge in [0.25, 0.3) is 0 Å². The van der Waals surface area contributed by atoms with E-state index in [1.54, 1.807) is 25.1 Å². The summed E-state index contributed by atoms with van der Waals surface area (Å²) in [6, 6.07) is 1.77. The molecular weight excluding hydrogens is 332 g/mol. The van der Waals surface area contributed by atoms with E-state index in [9.17, 15) is 9.59 Å². The zero-order valence-corrected chi connectivity index (χ0v) is 14.8. The quantitative estimate of drug-likeness (QED) is 0.830. The van der Waals surface area contributed by atoms with Gasteiger partial charge in [0.15, 0.2) is 5.15 Å². The number of hydrogen-bond acceptors (Lipinski definition) is 4. The number of aromatic nitrogens is 1. The van der Waals surface area contributed by atoms with Crippen LogP contribution < -0.4 is 0 Å². The topological polar surface area (TPSA) is 69.9 Å². The number of carbonyl (C=O) groups is 2. The molecule has 0 unspecified atom stereocenters. The molecule has 3 amide bonds. The van der Waals surface area contributed by atoms with E-state index in [1.165, 1.54) is 0 Å². The van der Waals surface area contributed by atoms with Crippen LogP contribution in [-0.2, 0) is 11.2 Å². The van der Waals surface area contributed by atoms with E-state index in [4.69, 9.17) is 16.1 Å². The molecule has 8 heteroatoms. The molecule has 0 aliphatic carbocycles. The predicted molar refractivity (Wildman–Crippen MR) is 88.7 cm³/mol. The van der Waals surface area contributed by atoms with Gasteiger partial charge in [-0.1, -0.05) is 16.8 Å². The summed E-state index contributed by atoms with van der Waals surface area (Å²) >= 11 is 5.73. The maximum Gasteiger partial charge on any atom is 0.319 e. The standard InChI is InChI=1S/C16H23ClN4O3/c1-19(2)16(23)20-8-11-3-4-12(10-20)21(9-11)15(22)6-5-13-7-14(17)18-24-13/h7,11-12H,3-6,8-10H2,1-2H3/t11-,12+/m1/s1. The van der Waals surface area contributed by atoms with Gasteiger partial charge in [-0.2, -0.15) is 0 Å². The normalized spacial score (nSPS) is 23.3. The summed E-state index contributed by atoms with van der Waals surface area (Å²) in [7, 11) is 3.53. The molecule has 0 aromatic carbocycles. The summed E-state index contributed by atoms with van der Waals surface area (Å²) in [6.45, 7) is 2.08. The molecule has 132 valence electrons. The number of carbonyl (C=O) groups excluding carboxylic acids is 2. The molecule has 0 N–H and O–H groups in total. The van der Waals surface area contributed by atoms with Crippen molar-refractivity contribution in [2.24, 2.45) is 5.92 Å². The number of rotatable bonds is 3. The fourth-order valence-electron chi connectivity index (χ4n) is 3.61. The number of halogens is 1. The lowest BCUT2D eigenvalue weighted by Crippen LogP contribution is -2.48. The Kier molecular flexibility index (Phi) is 4.99. The third-order valence-electron chi connectivity index (χ3n) is 4.80. The second kappa shape index (κ2) is 7.01. The third kappa shape index (κ3) is 3.66. The Hall–Kier alpha value is -1.76. The summed E-state index contributed by atoms with van der Waals surface area (Å²) in [5.74, 6) is 1.09. The molecule has 3 aliphatic heterocycles. The van der Waals surface area contributed by atoms with E-state index in [0.717, 1.165) is 25.9 Å². The zero-order chi connectivity index (χ0) is 17.3. The minimum absolute atomic E-state index is 0.0255. The lowest BCUT2D eigenvalue weighted by atomic mass is 9.94. The number of aryl methyl sites for hydroxylation is 1. The van der Waals surface area contributed by atoms with Crippen LogP contribution in [-0.4, -0.2) is 71.6 Å². The molecule has 1 aromatic rings. The van der Waals surface area contributed by atoms with Crippen molar-refractivity contribution in [1.29, 1.82) is 0 Å². The van der Waals surface area contributed by atoms with Crippen LogP contribution in [0.4, 0.5) is 4.79 Å². The highest BCUT2D eigenvalue weighted by Crippen LogP contribution is 2.29. The number of hydrogen-bond donors (Lipinski definition) is 0. The van der Waals surface area contributed by atoms with Gasteiger partial charge in [0, 0.05) is 58.7 Å². The maximum atomic E-state index is 12.6. The lowest BCUT2D eigenvalue weighted by Gasteiger charge is -2.36. The Labute approximate surface area is 146 Å². The number of amides is 3. The summed E-state index contributed by atoms with van der Waals surface area (Å²) in [4.78, 5) is 30.4. The van der Waals surface area contributed by atoms with Crippen molar-refractivity contribution >= 4 is 23.5 Å². The summed E-state index contributed by atoms with van der Waals surface area (Å²) in [5.41, 5.74) is 0. The number of nitrogens with zero attached hydrogens (tertiary/aromatic N) is 4. The van der Waals surface area contributed by atoms with Gasteiger partial charge in [-0.3, -0.25) is 4.79 Å². The fraction of sp³-hybridized carbons (Fsp3) is 0.688. The molecule has 0 spiro atoms. The second-order valence-corrected chi connectivity index (χ2v) is 7.23. The Morgan fingerprint density at radius 2 is 2.12 bits per heavy atom. The highest BCUT2D eigenvalue weighted by atomic mass is 35.5. The monoisotopic (exact) mass is 354 g/mol. The highest BCUT2D eigenvalue weighted by molar-refractivity contribution is 6.29. The van der Waals surface area contributed by atoms with Crippen LogP contribution >= 0.6 is 11.6 Å². The van der Waals surface area contributed by atoms with Crippen molar-refractivity contribution in [3.63, 3.8) is 0 Å². The first-order valence-corrected chi connectivity index (χ1v) is 8.68. The first-order chi connectivity index (χ1) is 11.4. The summed E-state index contributed by atoms with van der Waals surface area (Å²) < 4.78 is 5.05. The van der Waals surface area contributed by atoms with Crippen LogP contribution in [0.5, 0.6) is 0 Å². The molecular formula is C16H23ClN4O3. The van der Waals surface area contributed by atoms with Crippen molar-refractivity contribution in [1.82, 2.24) is 19.9 Å². The number of fused-ring (bicyclic) bond motifs is 4. The van der Waals surface area contributed by atoms with E-state index < -0.39 is 0 Å². The van der Waals surface area contributed by atoms with Crippen molar-refractivity contribution in [2.75, 3.05) is 33.7 Å². The Balaban J connectivity index is 1.62. The molecule has 2 bridgehead atoms. The van der Waals surface area contributed by atoms with Crippen LogP contribution in [0, 0.1) is 5.92 Å². The van der Waals surface area contributed by atoms with Crippen LogP contribution in [0.2, 0.25) is 5.15 Å². The molecule has 1 aromatic heterocycles. The Bertz CT molecular complexity index is 618. The zero-order valence-electron chi connectivity index (χ0n) is 14.1. The smallest absolute Gasteiger partial charge is 0.319 e. The van der Waals surface area contributed by atoms with Gasteiger partial charge in [0.1, 0.15) is 5.76 Å². The van der Waals surface area contributed by atoms with Gasteiger partial charge in [-0.25, -0.2) is 4.79 Å². The molecule has 4 rings (SSSR count). The van der Waals surface area contributed by atoms with Gasteiger partial charge < -0.3 is 19.2 Å². The third-order valence-corrected chi connectivity index (χ3v) is 4.98. The van der Waals surface area contributed by atoms with Crippen LogP contribution in [0.25, 0.3) is 0 Å². The Morgan fingerprint density at radius 3 is 2.79 bits per heavy atom. The van der Waals surface area contributed by atoms with Crippen molar-refractivity contribution < 1.29 is 14.1 Å². The fourth-order valence-corrected chi connectivity index (χ4v) is 3.76. The molecule has 7 nitrogen and oxygen atoms in total. The second-order valence-electron chi connectivity index (χ2n) is 6.84. The SMILES string of the molecule is CN(C)C(=O)N1C[C@H]2CC[C@@H](C1)N(C(=O)CCc1cc(Cl)no1)C2. The first kappa shape index (κ1) is 17.1. The van der Waals surface area contributed by atoms with E-state index in [2.05, 4.69) is 5.16 Å². The van der Waals surface area contributed by atoms with Gasteiger partial charge in [0.2, 0.25) is 5.91 Å². The van der Waals surface area contributed by atoms with Crippen molar-refractivity contribution in [3.8, 4) is 0 Å². The van der Waals surface area contributed by atoms with E-state index in [0.29, 0.717) is 36.2 Å². The summed E-state index contributed by atoms with van der Waals surface area (Å²) in [6.07, 6.45) is 2.90. The molecule has 0 radical (unpaired) electrons. The first-order valence-electron chi connectivity index (χ1n) is 8.31. The molecule has 3 fully saturated rings. The van der Waals surface area contributed by atoms with Gasteiger partial charge in [-0.05, 0) is 18.8 Å². The minimum atomic E-state index is 0.0255. The minimum Gasteiger partial charge on any atom is -0.360 e. The predicted octanol–water partition coefficient (Wildman–Crippen LogP) is 1.86. The molecule has 24 heavy (non-hydrogen) atoms. The van der Waals surface area contributed by atoms with Gasteiger partial charge in [-0.15, -0.1) is 0 Å². The van der Waals surface area contributed by atoms with Crippen LogP contribution in [0.1, 0.15) is 25.0 Å². The van der Waals surface area contributed by atoms with Crippen LogP contribution in [0.15, 0.2) is 10.6 Å². The van der Waals surface area contributed by atoms with Gasteiger partial charge >= 0.3 is 6.03 Å². The average Bonchev–Trinajstić information content (AvgIpc) is 2.77. The van der Waals surface area contributed by atoms with E-state index >= 15 is 0 Å². The summed E-state index contributed by atoms with van der Waals surface area (Å²) in [5, 5.41) is 3.93. The highest BCUT2D eigenvalue weighted by Gasteiger charge is 2.38. The molecule has 0 saturated carbocycles. The molecule has 4 heterocycles. The number of piperidine rings is 1. The lowest BCUT2D eigenvalue weighted by molar-refractivity contribution is -0.135. The van der Waals surface area contributed by atoms with Crippen molar-refractivity contribution in [2.45, 2.75) is 31.7 Å². The number of urea groups is 1. The Morgan fingerprint density at radius 1 is 1.33 bits per heavy atom. The molecule has 3 saturated heterocycles. The van der Waals surface area contributed by atoms with Crippen LogP contribution in [0.3, 0.4) is 0 Å².